The van der Waals surface area contributed by atoms with E-state index in [9.17, 15) is 4.79 Å². The Labute approximate surface area is 136 Å². The van der Waals surface area contributed by atoms with E-state index >= 15 is 0 Å². The third-order valence-corrected chi connectivity index (χ3v) is 4.75. The highest BCUT2D eigenvalue weighted by molar-refractivity contribution is 8.26. The normalized spacial score (nSPS) is 17.0. The van der Waals surface area contributed by atoms with Gasteiger partial charge in [-0.1, -0.05) is 35.6 Å². The zero-order valence-corrected chi connectivity index (χ0v) is 13.4. The first-order valence-electron chi connectivity index (χ1n) is 6.12. The summed E-state index contributed by atoms with van der Waals surface area (Å²) in [5.41, 5.74) is 0.932. The number of halogens is 1. The van der Waals surface area contributed by atoms with Crippen LogP contribution in [0.1, 0.15) is 5.76 Å². The van der Waals surface area contributed by atoms with Crippen LogP contribution in [0, 0.1) is 0 Å². The Kier molecular flexibility index (Phi) is 3.89. The van der Waals surface area contributed by atoms with Crippen molar-refractivity contribution in [1.29, 1.82) is 0 Å². The van der Waals surface area contributed by atoms with E-state index in [2.05, 4.69) is 0 Å². The van der Waals surface area contributed by atoms with E-state index in [0.717, 1.165) is 11.3 Å². The number of thiocarbonyl (C=S) groups is 1. The highest BCUT2D eigenvalue weighted by atomic mass is 35.5. The van der Waals surface area contributed by atoms with Gasteiger partial charge in [-0.05, 0) is 36.4 Å². The molecule has 1 aromatic heterocycles. The molecule has 0 bridgehead atoms. The third-order valence-electron chi connectivity index (χ3n) is 3.02. The van der Waals surface area contributed by atoms with Crippen molar-refractivity contribution in [3.8, 4) is 11.3 Å². The molecule has 3 rings (SSSR count). The number of nitrogens with zero attached hydrogens (tertiary/aromatic N) is 1. The average molecular weight is 336 g/mol. The van der Waals surface area contributed by atoms with Gasteiger partial charge < -0.3 is 4.42 Å². The van der Waals surface area contributed by atoms with Gasteiger partial charge in [0.15, 0.2) is 0 Å². The second-order valence-corrected chi connectivity index (χ2v) is 6.56. The molecular weight excluding hydrogens is 326 g/mol. The second kappa shape index (κ2) is 5.67. The van der Waals surface area contributed by atoms with E-state index in [0.29, 0.717) is 20.0 Å². The second-order valence-electron chi connectivity index (χ2n) is 4.45. The van der Waals surface area contributed by atoms with E-state index in [-0.39, 0.29) is 5.91 Å². The molecule has 1 saturated heterocycles. The maximum Gasteiger partial charge on any atom is 0.266 e. The zero-order chi connectivity index (χ0) is 15.0. The van der Waals surface area contributed by atoms with Gasteiger partial charge in [0.1, 0.15) is 15.8 Å². The monoisotopic (exact) mass is 335 g/mol. The molecule has 0 aliphatic carbocycles. The predicted octanol–water partition coefficient (Wildman–Crippen LogP) is 4.43. The lowest BCUT2D eigenvalue weighted by molar-refractivity contribution is -0.121. The molecule has 2 heterocycles. The number of likely N-dealkylation sites (N-methyl/N-ethyl adjacent to an activating group) is 1. The van der Waals surface area contributed by atoms with Crippen LogP contribution in [-0.2, 0) is 4.79 Å². The standard InChI is InChI=1S/C15H10ClNO2S2/c1-17-14(18)13(21-15(17)20)8-11-6-7-12(19-11)9-2-4-10(16)5-3-9/h2-8H,1H3/b13-8-. The summed E-state index contributed by atoms with van der Waals surface area (Å²) < 4.78 is 6.30. The minimum absolute atomic E-state index is 0.102. The number of hydrogen-bond donors (Lipinski definition) is 0. The first kappa shape index (κ1) is 14.4. The van der Waals surface area contributed by atoms with Gasteiger partial charge in [-0.3, -0.25) is 9.69 Å². The summed E-state index contributed by atoms with van der Waals surface area (Å²) >= 11 is 12.2. The van der Waals surface area contributed by atoms with Gasteiger partial charge in [0, 0.05) is 23.7 Å². The first-order chi connectivity index (χ1) is 10.0. The molecule has 0 N–H and O–H groups in total. The molecule has 0 radical (unpaired) electrons. The molecule has 6 heteroatoms. The fraction of sp³-hybridized carbons (Fsp3) is 0.0667. The van der Waals surface area contributed by atoms with Crippen LogP contribution in [0.4, 0.5) is 0 Å². The third kappa shape index (κ3) is 2.90. The van der Waals surface area contributed by atoms with Crippen molar-refractivity contribution >= 4 is 51.9 Å². The number of carbonyl (C=O) groups is 1. The average Bonchev–Trinajstić information content (AvgIpc) is 3.02. The summed E-state index contributed by atoms with van der Waals surface area (Å²) in [5.74, 6) is 1.24. The molecule has 106 valence electrons. The first-order valence-corrected chi connectivity index (χ1v) is 7.72. The summed E-state index contributed by atoms with van der Waals surface area (Å²) in [6.07, 6.45) is 1.71. The van der Waals surface area contributed by atoms with Crippen LogP contribution >= 0.6 is 35.6 Å². The summed E-state index contributed by atoms with van der Waals surface area (Å²) in [7, 11) is 1.67. The molecule has 0 spiro atoms. The van der Waals surface area contributed by atoms with Gasteiger partial charge >= 0.3 is 0 Å². The lowest BCUT2D eigenvalue weighted by Gasteiger charge is -2.03. The van der Waals surface area contributed by atoms with Crippen molar-refractivity contribution in [2.45, 2.75) is 0 Å². The van der Waals surface area contributed by atoms with Gasteiger partial charge in [-0.15, -0.1) is 0 Å². The van der Waals surface area contributed by atoms with Crippen molar-refractivity contribution in [2.24, 2.45) is 0 Å². The minimum Gasteiger partial charge on any atom is -0.457 e. The van der Waals surface area contributed by atoms with E-state index < -0.39 is 0 Å². The smallest absolute Gasteiger partial charge is 0.266 e. The number of thioether (sulfide) groups is 1. The minimum atomic E-state index is -0.102. The number of benzene rings is 1. The maximum absolute atomic E-state index is 11.9. The number of carbonyl (C=O) groups excluding carboxylic acids is 1. The molecule has 0 unspecified atom stereocenters. The van der Waals surface area contributed by atoms with Crippen LogP contribution in [0.5, 0.6) is 0 Å². The fourth-order valence-electron chi connectivity index (χ4n) is 1.87. The highest BCUT2D eigenvalue weighted by Gasteiger charge is 2.28. The Morgan fingerprint density at radius 2 is 1.95 bits per heavy atom. The van der Waals surface area contributed by atoms with Gasteiger partial charge in [0.25, 0.3) is 5.91 Å². The quantitative estimate of drug-likeness (QED) is 0.600. The van der Waals surface area contributed by atoms with E-state index in [1.54, 1.807) is 25.3 Å². The largest absolute Gasteiger partial charge is 0.457 e. The van der Waals surface area contributed by atoms with Crippen LogP contribution in [0.15, 0.2) is 45.7 Å². The molecule has 1 fully saturated rings. The van der Waals surface area contributed by atoms with E-state index in [1.165, 1.54) is 16.7 Å². The van der Waals surface area contributed by atoms with Crippen LogP contribution in [0.2, 0.25) is 5.02 Å². The summed E-state index contributed by atoms with van der Waals surface area (Å²) in [6.45, 7) is 0. The van der Waals surface area contributed by atoms with Crippen molar-refractivity contribution in [3.05, 3.63) is 52.1 Å². The molecule has 0 saturated carbocycles. The van der Waals surface area contributed by atoms with Gasteiger partial charge in [-0.25, -0.2) is 0 Å². The lowest BCUT2D eigenvalue weighted by Crippen LogP contribution is -2.22. The Bertz CT molecular complexity index is 749. The van der Waals surface area contributed by atoms with E-state index in [1.807, 2.05) is 24.3 Å². The lowest BCUT2D eigenvalue weighted by atomic mass is 10.2. The van der Waals surface area contributed by atoms with Crippen LogP contribution < -0.4 is 0 Å². The highest BCUT2D eigenvalue weighted by Crippen LogP contribution is 2.32. The SMILES string of the molecule is CN1C(=O)/C(=C/c2ccc(-c3ccc(Cl)cc3)o2)SC1=S. The van der Waals surface area contributed by atoms with Gasteiger partial charge in [0.05, 0.1) is 4.91 Å². The Morgan fingerprint density at radius 3 is 2.57 bits per heavy atom. The van der Waals surface area contributed by atoms with Gasteiger partial charge in [0.2, 0.25) is 0 Å². The number of furan rings is 1. The Morgan fingerprint density at radius 1 is 1.24 bits per heavy atom. The maximum atomic E-state index is 11.9. The Balaban J connectivity index is 1.87. The van der Waals surface area contributed by atoms with Gasteiger partial charge in [-0.2, -0.15) is 0 Å². The summed E-state index contributed by atoms with van der Waals surface area (Å²) in [5, 5.41) is 0.678. The zero-order valence-electron chi connectivity index (χ0n) is 11.0. The van der Waals surface area contributed by atoms with Crippen LogP contribution in [0.3, 0.4) is 0 Å². The molecule has 1 aliphatic heterocycles. The molecule has 2 aromatic rings. The number of amides is 1. The van der Waals surface area contributed by atoms with Crippen LogP contribution in [-0.4, -0.2) is 22.2 Å². The number of rotatable bonds is 2. The van der Waals surface area contributed by atoms with E-state index in [4.69, 9.17) is 28.2 Å². The Hall–Kier alpha value is -1.56. The molecule has 1 aromatic carbocycles. The molecule has 3 nitrogen and oxygen atoms in total. The molecular formula is C15H10ClNO2S2. The molecule has 1 amide bonds. The van der Waals surface area contributed by atoms with Crippen molar-refractivity contribution in [3.63, 3.8) is 0 Å². The summed E-state index contributed by atoms with van der Waals surface area (Å²) in [4.78, 5) is 13.9. The predicted molar refractivity (Wildman–Crippen MR) is 90.1 cm³/mol. The molecule has 1 aliphatic rings. The molecule has 21 heavy (non-hydrogen) atoms. The van der Waals surface area contributed by atoms with Crippen LogP contribution in [0.25, 0.3) is 17.4 Å². The fourth-order valence-corrected chi connectivity index (χ4v) is 3.16. The van der Waals surface area contributed by atoms with Crippen molar-refractivity contribution in [2.75, 3.05) is 7.05 Å². The molecule has 0 atom stereocenters. The number of hydrogen-bond acceptors (Lipinski definition) is 4. The summed E-state index contributed by atoms with van der Waals surface area (Å²) in [6, 6.07) is 11.1. The topological polar surface area (TPSA) is 33.5 Å². The van der Waals surface area contributed by atoms with Crippen molar-refractivity contribution < 1.29 is 9.21 Å². The van der Waals surface area contributed by atoms with Crippen molar-refractivity contribution in [1.82, 2.24) is 4.90 Å².